The van der Waals surface area contributed by atoms with Crippen LogP contribution in [0.15, 0.2) is 29.5 Å². The van der Waals surface area contributed by atoms with Gasteiger partial charge in [-0.25, -0.2) is 0 Å². The predicted molar refractivity (Wildman–Crippen MR) is 87.9 cm³/mol. The number of aromatic nitrogens is 2. The average molecular weight is 328 g/mol. The van der Waals surface area contributed by atoms with E-state index in [9.17, 15) is 0 Å². The highest BCUT2D eigenvalue weighted by Gasteiger charge is 2.09. The first-order chi connectivity index (χ1) is 10.0. The Morgan fingerprint density at radius 3 is 2.48 bits per heavy atom. The Hall–Kier alpha value is -1.59. The van der Waals surface area contributed by atoms with Crippen molar-refractivity contribution >= 4 is 29.2 Å². The Morgan fingerprint density at radius 2 is 1.95 bits per heavy atom. The zero-order valence-corrected chi connectivity index (χ0v) is 13.8. The first-order valence-electron chi connectivity index (χ1n) is 6.56. The molecule has 0 amide bonds. The van der Waals surface area contributed by atoms with Gasteiger partial charge >= 0.3 is 0 Å². The van der Waals surface area contributed by atoms with E-state index in [2.05, 4.69) is 27.9 Å². The Balaban J connectivity index is 1.89. The highest BCUT2D eigenvalue weighted by molar-refractivity contribution is 6.41. The van der Waals surface area contributed by atoms with Gasteiger partial charge in [0.2, 0.25) is 0 Å². The van der Waals surface area contributed by atoms with Crippen molar-refractivity contribution in [3.8, 4) is 0 Å². The molecule has 114 valence electrons. The van der Waals surface area contributed by atoms with E-state index in [-0.39, 0.29) is 0 Å². The number of halogens is 2. The first kappa shape index (κ1) is 15.8. The summed E-state index contributed by atoms with van der Waals surface area (Å²) < 4.78 is 3.86. The summed E-state index contributed by atoms with van der Waals surface area (Å²) in [4.78, 5) is 4.20. The van der Waals surface area contributed by atoms with Crippen LogP contribution in [-0.2, 0) is 27.2 Å². The van der Waals surface area contributed by atoms with Crippen molar-refractivity contribution in [2.45, 2.75) is 13.1 Å². The quantitative estimate of drug-likeness (QED) is 0.669. The van der Waals surface area contributed by atoms with Crippen LogP contribution in [0.2, 0.25) is 10.2 Å². The Morgan fingerprint density at radius 1 is 1.24 bits per heavy atom. The summed E-state index contributed by atoms with van der Waals surface area (Å²) in [6, 6.07) is 3.92. The van der Waals surface area contributed by atoms with Crippen molar-refractivity contribution < 1.29 is 0 Å². The van der Waals surface area contributed by atoms with Crippen molar-refractivity contribution in [1.82, 2.24) is 19.8 Å². The van der Waals surface area contributed by atoms with Gasteiger partial charge in [-0.15, -0.1) is 0 Å². The van der Waals surface area contributed by atoms with Gasteiger partial charge in [-0.3, -0.25) is 4.99 Å². The fraction of sp³-hybridized carbons (Fsp3) is 0.357. The number of nitrogens with one attached hydrogen (secondary N) is 2. The molecule has 0 unspecified atom stereocenters. The van der Waals surface area contributed by atoms with E-state index in [0.29, 0.717) is 16.7 Å². The van der Waals surface area contributed by atoms with Gasteiger partial charge in [-0.05, 0) is 17.7 Å². The van der Waals surface area contributed by atoms with E-state index in [1.54, 1.807) is 7.05 Å². The minimum Gasteiger partial charge on any atom is -0.357 e. The second-order valence-electron chi connectivity index (χ2n) is 4.80. The molecule has 2 N–H and O–H groups in total. The van der Waals surface area contributed by atoms with Gasteiger partial charge < -0.3 is 19.8 Å². The molecule has 0 atom stereocenters. The molecule has 5 nitrogen and oxygen atoms in total. The van der Waals surface area contributed by atoms with Crippen LogP contribution in [0.3, 0.4) is 0 Å². The van der Waals surface area contributed by atoms with E-state index >= 15 is 0 Å². The van der Waals surface area contributed by atoms with Crippen molar-refractivity contribution in [1.29, 1.82) is 0 Å². The van der Waals surface area contributed by atoms with Crippen molar-refractivity contribution in [3.05, 3.63) is 46.0 Å². The zero-order valence-electron chi connectivity index (χ0n) is 12.3. The van der Waals surface area contributed by atoms with Crippen LogP contribution >= 0.6 is 23.2 Å². The van der Waals surface area contributed by atoms with Crippen LogP contribution in [0, 0.1) is 0 Å². The predicted octanol–water partition coefficient (Wildman–Crippen LogP) is 2.54. The summed E-state index contributed by atoms with van der Waals surface area (Å²) in [6.07, 6.45) is 4.08. The maximum absolute atomic E-state index is 6.05. The number of guanidine groups is 1. The van der Waals surface area contributed by atoms with Crippen LogP contribution < -0.4 is 10.6 Å². The minimum atomic E-state index is 0.542. The maximum Gasteiger partial charge on any atom is 0.191 e. The molecule has 0 aliphatic rings. The van der Waals surface area contributed by atoms with Gasteiger partial charge in [0.05, 0.1) is 11.6 Å². The number of nitrogens with zero attached hydrogens (tertiary/aromatic N) is 3. The lowest BCUT2D eigenvalue weighted by Gasteiger charge is -2.12. The molecule has 0 aliphatic carbocycles. The van der Waals surface area contributed by atoms with Gasteiger partial charge in [-0.1, -0.05) is 23.2 Å². The molecule has 0 saturated carbocycles. The van der Waals surface area contributed by atoms with Crippen molar-refractivity contribution in [2.75, 3.05) is 7.05 Å². The molecule has 0 saturated heterocycles. The summed E-state index contributed by atoms with van der Waals surface area (Å²) >= 11 is 12.0. The van der Waals surface area contributed by atoms with Gasteiger partial charge in [0, 0.05) is 45.8 Å². The fourth-order valence-corrected chi connectivity index (χ4v) is 2.42. The second-order valence-corrected chi connectivity index (χ2v) is 5.56. The van der Waals surface area contributed by atoms with Gasteiger partial charge in [-0.2, -0.15) is 0 Å². The van der Waals surface area contributed by atoms with Crippen LogP contribution in [0.5, 0.6) is 0 Å². The minimum absolute atomic E-state index is 0.542. The highest BCUT2D eigenvalue weighted by atomic mass is 35.5. The molecule has 0 fully saturated rings. The molecule has 0 radical (unpaired) electrons. The molecular weight excluding hydrogens is 309 g/mol. The molecule has 0 bridgehead atoms. The van der Waals surface area contributed by atoms with E-state index < -0.39 is 0 Å². The average Bonchev–Trinajstić information content (AvgIpc) is 2.98. The fourth-order valence-electron chi connectivity index (χ4n) is 2.00. The molecule has 21 heavy (non-hydrogen) atoms. The molecular formula is C14H19Cl2N5. The lowest BCUT2D eigenvalue weighted by molar-refractivity contribution is 0.750. The normalized spacial score (nSPS) is 11.8. The van der Waals surface area contributed by atoms with E-state index in [0.717, 1.165) is 18.2 Å². The highest BCUT2D eigenvalue weighted by Crippen LogP contribution is 2.24. The second kappa shape index (κ2) is 6.91. The van der Waals surface area contributed by atoms with Crippen molar-refractivity contribution in [2.24, 2.45) is 19.1 Å². The number of rotatable bonds is 4. The van der Waals surface area contributed by atoms with E-state index in [1.807, 2.05) is 35.5 Å². The summed E-state index contributed by atoms with van der Waals surface area (Å²) in [5.41, 5.74) is 2.19. The molecule has 0 aromatic carbocycles. The smallest absolute Gasteiger partial charge is 0.191 e. The topological polar surface area (TPSA) is 46.3 Å². The monoisotopic (exact) mass is 327 g/mol. The maximum atomic E-state index is 6.05. The van der Waals surface area contributed by atoms with Gasteiger partial charge in [0.15, 0.2) is 5.96 Å². The molecule has 2 heterocycles. The van der Waals surface area contributed by atoms with E-state index in [4.69, 9.17) is 23.2 Å². The van der Waals surface area contributed by atoms with Crippen LogP contribution in [0.1, 0.15) is 11.3 Å². The SMILES string of the molecule is CN=C(NCc1ccn(C)c1)NCc1cc(Cl)c(Cl)n1C. The number of aliphatic imine (C=N–C) groups is 1. The molecule has 2 rings (SSSR count). The number of hydrogen-bond donors (Lipinski definition) is 2. The molecule has 7 heteroatoms. The summed E-state index contributed by atoms with van der Waals surface area (Å²) in [5, 5.41) is 7.60. The van der Waals surface area contributed by atoms with E-state index in [1.165, 1.54) is 5.56 Å². The zero-order chi connectivity index (χ0) is 15.4. The Bertz CT molecular complexity index is 642. The third-order valence-corrected chi connectivity index (χ3v) is 4.07. The first-order valence-corrected chi connectivity index (χ1v) is 7.31. The van der Waals surface area contributed by atoms with Crippen LogP contribution in [0.4, 0.5) is 0 Å². The molecule has 0 aliphatic heterocycles. The number of hydrogen-bond acceptors (Lipinski definition) is 1. The molecule has 0 spiro atoms. The summed E-state index contributed by atoms with van der Waals surface area (Å²) in [6.45, 7) is 1.31. The third kappa shape index (κ3) is 3.95. The lowest BCUT2D eigenvalue weighted by atomic mass is 10.3. The van der Waals surface area contributed by atoms with Crippen LogP contribution in [0.25, 0.3) is 0 Å². The largest absolute Gasteiger partial charge is 0.357 e. The summed E-state index contributed by atoms with van der Waals surface area (Å²) in [7, 11) is 5.62. The van der Waals surface area contributed by atoms with Crippen molar-refractivity contribution in [3.63, 3.8) is 0 Å². The lowest BCUT2D eigenvalue weighted by Crippen LogP contribution is -2.36. The Kier molecular flexibility index (Phi) is 5.20. The van der Waals surface area contributed by atoms with Gasteiger partial charge in [0.25, 0.3) is 0 Å². The third-order valence-electron chi connectivity index (χ3n) is 3.23. The summed E-state index contributed by atoms with van der Waals surface area (Å²) in [5.74, 6) is 0.729. The number of aryl methyl sites for hydroxylation is 1. The van der Waals surface area contributed by atoms with Gasteiger partial charge in [0.1, 0.15) is 5.15 Å². The van der Waals surface area contributed by atoms with Crippen LogP contribution in [-0.4, -0.2) is 22.1 Å². The molecule has 2 aromatic rings. The molecule has 2 aromatic heterocycles. The standard InChI is InChI=1S/C14H19Cl2N5/c1-17-14(18-7-10-4-5-20(2)9-10)19-8-11-6-12(15)13(16)21(11)3/h4-6,9H,7-8H2,1-3H3,(H2,17,18,19). The Labute approximate surface area is 134 Å².